The maximum Gasteiger partial charge on any atom is 0.339 e. The van der Waals surface area contributed by atoms with Gasteiger partial charge in [0.2, 0.25) is 5.91 Å². The third kappa shape index (κ3) is 5.52. The van der Waals surface area contributed by atoms with E-state index in [0.29, 0.717) is 35.7 Å². The molecular weight excluding hydrogens is 392 g/mol. The SMILES string of the molecule is CCNCC1CCN(C(=O)CCc2c(C)c3ccc(OC)cc3oc2=O)CC1.Cl. The van der Waals surface area contributed by atoms with Crippen LogP contribution in [0.2, 0.25) is 0 Å². The Balaban J connectivity index is 0.00000300. The van der Waals surface area contributed by atoms with Gasteiger partial charge >= 0.3 is 5.63 Å². The van der Waals surface area contributed by atoms with Gasteiger partial charge in [0.1, 0.15) is 11.3 Å². The Hall–Kier alpha value is -2.05. The highest BCUT2D eigenvalue weighted by Gasteiger charge is 2.23. The molecule has 3 rings (SSSR count). The van der Waals surface area contributed by atoms with E-state index < -0.39 is 0 Å². The number of piperidine rings is 1. The van der Waals surface area contributed by atoms with Crippen molar-refractivity contribution in [1.29, 1.82) is 0 Å². The number of rotatable bonds is 7. The van der Waals surface area contributed by atoms with Crippen LogP contribution in [0, 0.1) is 12.8 Å². The van der Waals surface area contributed by atoms with Crippen molar-refractivity contribution >= 4 is 29.3 Å². The zero-order valence-corrected chi connectivity index (χ0v) is 18.3. The zero-order valence-electron chi connectivity index (χ0n) is 17.5. The molecule has 29 heavy (non-hydrogen) atoms. The number of likely N-dealkylation sites (tertiary alicyclic amines) is 1. The summed E-state index contributed by atoms with van der Waals surface area (Å²) in [6.45, 7) is 7.65. The van der Waals surface area contributed by atoms with E-state index in [1.54, 1.807) is 13.2 Å². The lowest BCUT2D eigenvalue weighted by atomic mass is 9.96. The van der Waals surface area contributed by atoms with E-state index in [0.717, 1.165) is 50.0 Å². The summed E-state index contributed by atoms with van der Waals surface area (Å²) in [7, 11) is 1.58. The molecule has 0 bridgehead atoms. The molecule has 0 aliphatic carbocycles. The summed E-state index contributed by atoms with van der Waals surface area (Å²) < 4.78 is 10.7. The van der Waals surface area contributed by atoms with Crippen molar-refractivity contribution in [2.75, 3.05) is 33.3 Å². The van der Waals surface area contributed by atoms with Gasteiger partial charge in [-0.1, -0.05) is 6.92 Å². The number of nitrogens with zero attached hydrogens (tertiary/aromatic N) is 1. The number of carbonyl (C=O) groups excluding carboxylic acids is 1. The minimum absolute atomic E-state index is 0. The second kappa shape index (κ2) is 10.6. The molecule has 1 saturated heterocycles. The van der Waals surface area contributed by atoms with E-state index >= 15 is 0 Å². The number of fused-ring (bicyclic) bond motifs is 1. The normalized spacial score (nSPS) is 14.7. The molecule has 160 valence electrons. The summed E-state index contributed by atoms with van der Waals surface area (Å²) in [5.41, 5.74) is 1.62. The van der Waals surface area contributed by atoms with E-state index in [-0.39, 0.29) is 23.9 Å². The Bertz CT molecular complexity index is 888. The van der Waals surface area contributed by atoms with Crippen LogP contribution in [0.15, 0.2) is 27.4 Å². The lowest BCUT2D eigenvalue weighted by Gasteiger charge is -2.32. The van der Waals surface area contributed by atoms with E-state index in [1.807, 2.05) is 24.0 Å². The maximum atomic E-state index is 12.6. The Morgan fingerprint density at radius 1 is 1.31 bits per heavy atom. The van der Waals surface area contributed by atoms with Crippen molar-refractivity contribution < 1.29 is 13.9 Å². The molecule has 0 radical (unpaired) electrons. The van der Waals surface area contributed by atoms with Gasteiger partial charge in [0.05, 0.1) is 7.11 Å². The number of nitrogens with one attached hydrogen (secondary N) is 1. The molecule has 1 aromatic carbocycles. The van der Waals surface area contributed by atoms with Gasteiger partial charge in [-0.05, 0) is 62.9 Å². The van der Waals surface area contributed by atoms with Crippen molar-refractivity contribution in [3.05, 3.63) is 39.7 Å². The molecule has 2 aromatic rings. The van der Waals surface area contributed by atoms with E-state index in [1.165, 1.54) is 0 Å². The van der Waals surface area contributed by atoms with Crippen LogP contribution in [0.5, 0.6) is 5.75 Å². The maximum absolute atomic E-state index is 12.6. The summed E-state index contributed by atoms with van der Waals surface area (Å²) in [5, 5.41) is 4.27. The van der Waals surface area contributed by atoms with Crippen LogP contribution >= 0.6 is 12.4 Å². The highest BCUT2D eigenvalue weighted by Crippen LogP contribution is 2.25. The average Bonchev–Trinajstić information content (AvgIpc) is 2.71. The largest absolute Gasteiger partial charge is 0.497 e. The molecule has 2 heterocycles. The fourth-order valence-electron chi connectivity index (χ4n) is 3.92. The van der Waals surface area contributed by atoms with Crippen molar-refractivity contribution in [3.63, 3.8) is 0 Å². The Morgan fingerprint density at radius 2 is 2.03 bits per heavy atom. The molecule has 1 amide bonds. The molecule has 1 N–H and O–H groups in total. The van der Waals surface area contributed by atoms with Crippen molar-refractivity contribution in [2.45, 2.75) is 39.5 Å². The number of hydrogen-bond donors (Lipinski definition) is 1. The van der Waals surface area contributed by atoms with Gasteiger partial charge in [-0.25, -0.2) is 4.79 Å². The van der Waals surface area contributed by atoms with Gasteiger partial charge in [0.15, 0.2) is 0 Å². The number of ether oxygens (including phenoxy) is 1. The topological polar surface area (TPSA) is 71.8 Å². The van der Waals surface area contributed by atoms with Gasteiger partial charge in [0.25, 0.3) is 0 Å². The minimum atomic E-state index is -0.365. The van der Waals surface area contributed by atoms with Gasteiger partial charge in [-0.2, -0.15) is 0 Å². The van der Waals surface area contributed by atoms with Crippen molar-refractivity contribution in [3.8, 4) is 5.75 Å². The van der Waals surface area contributed by atoms with Crippen LogP contribution in [-0.2, 0) is 11.2 Å². The number of methoxy groups -OCH3 is 1. The lowest BCUT2D eigenvalue weighted by Crippen LogP contribution is -2.41. The number of halogens is 1. The minimum Gasteiger partial charge on any atom is -0.497 e. The summed E-state index contributed by atoms with van der Waals surface area (Å²) in [5.74, 6) is 1.42. The number of hydrogen-bond acceptors (Lipinski definition) is 5. The first-order valence-corrected chi connectivity index (χ1v) is 10.1. The van der Waals surface area contributed by atoms with Crippen LogP contribution in [0.1, 0.15) is 37.3 Å². The molecule has 1 aromatic heterocycles. The highest BCUT2D eigenvalue weighted by atomic mass is 35.5. The second-order valence-electron chi connectivity index (χ2n) is 7.49. The summed E-state index contributed by atoms with van der Waals surface area (Å²) in [4.78, 5) is 27.0. The molecule has 0 saturated carbocycles. The molecule has 1 aliphatic heterocycles. The first-order valence-electron chi connectivity index (χ1n) is 10.1. The predicted molar refractivity (Wildman–Crippen MR) is 117 cm³/mol. The van der Waals surface area contributed by atoms with Gasteiger partial charge in [-0.3, -0.25) is 4.79 Å². The van der Waals surface area contributed by atoms with Gasteiger partial charge in [-0.15, -0.1) is 12.4 Å². The molecule has 7 heteroatoms. The van der Waals surface area contributed by atoms with Crippen LogP contribution in [0.3, 0.4) is 0 Å². The Morgan fingerprint density at radius 3 is 2.69 bits per heavy atom. The van der Waals surface area contributed by atoms with Crippen LogP contribution in [0.25, 0.3) is 11.0 Å². The average molecular weight is 423 g/mol. The van der Waals surface area contributed by atoms with Crippen molar-refractivity contribution in [1.82, 2.24) is 10.2 Å². The number of carbonyl (C=O) groups is 1. The molecule has 0 atom stereocenters. The van der Waals surface area contributed by atoms with E-state index in [2.05, 4.69) is 12.2 Å². The van der Waals surface area contributed by atoms with E-state index in [4.69, 9.17) is 9.15 Å². The smallest absolute Gasteiger partial charge is 0.339 e. The number of amides is 1. The number of aryl methyl sites for hydroxylation is 1. The number of benzene rings is 1. The van der Waals surface area contributed by atoms with Crippen LogP contribution in [-0.4, -0.2) is 44.1 Å². The summed E-state index contributed by atoms with van der Waals surface area (Å²) >= 11 is 0. The van der Waals surface area contributed by atoms with Crippen molar-refractivity contribution in [2.24, 2.45) is 5.92 Å². The zero-order chi connectivity index (χ0) is 20.1. The van der Waals surface area contributed by atoms with E-state index in [9.17, 15) is 9.59 Å². The molecule has 0 unspecified atom stereocenters. The lowest BCUT2D eigenvalue weighted by molar-refractivity contribution is -0.132. The molecule has 6 nitrogen and oxygen atoms in total. The fourth-order valence-corrected chi connectivity index (χ4v) is 3.92. The third-order valence-corrected chi connectivity index (χ3v) is 5.73. The highest BCUT2D eigenvalue weighted by molar-refractivity contribution is 5.85. The molecule has 1 fully saturated rings. The molecule has 1 aliphatic rings. The summed E-state index contributed by atoms with van der Waals surface area (Å²) in [6.07, 6.45) is 2.83. The molecule has 0 spiro atoms. The Labute approximate surface area is 178 Å². The quantitative estimate of drug-likeness (QED) is 0.693. The fraction of sp³-hybridized carbons (Fsp3) is 0.545. The van der Waals surface area contributed by atoms with Crippen LogP contribution in [0.4, 0.5) is 0 Å². The Kier molecular flexibility index (Phi) is 8.53. The third-order valence-electron chi connectivity index (χ3n) is 5.73. The monoisotopic (exact) mass is 422 g/mol. The first kappa shape index (κ1) is 23.2. The first-order chi connectivity index (χ1) is 13.5. The second-order valence-corrected chi connectivity index (χ2v) is 7.49. The van der Waals surface area contributed by atoms with Gasteiger partial charge in [0, 0.05) is 36.5 Å². The van der Waals surface area contributed by atoms with Crippen LogP contribution < -0.4 is 15.7 Å². The molecular formula is C22H31ClN2O4. The standard InChI is InChI=1S/C22H30N2O4.ClH/c1-4-23-14-16-9-11-24(12-10-16)21(25)8-7-19-15(2)18-6-5-17(27-3)13-20(18)28-22(19)26;/h5-6,13,16,23H,4,7-12,14H2,1-3H3;1H. The summed E-state index contributed by atoms with van der Waals surface area (Å²) in [6, 6.07) is 5.46. The van der Waals surface area contributed by atoms with Gasteiger partial charge < -0.3 is 19.4 Å². The predicted octanol–water partition coefficient (Wildman–Crippen LogP) is 3.31.